The summed E-state index contributed by atoms with van der Waals surface area (Å²) >= 11 is 5.87. The third-order valence-corrected chi connectivity index (χ3v) is 2.50. The van der Waals surface area contributed by atoms with Crippen molar-refractivity contribution in [2.24, 2.45) is 0 Å². The van der Waals surface area contributed by atoms with E-state index in [9.17, 15) is 0 Å². The van der Waals surface area contributed by atoms with Crippen molar-refractivity contribution in [2.75, 3.05) is 5.32 Å². The average molecular weight is 249 g/mol. The molecule has 0 aromatic carbocycles. The van der Waals surface area contributed by atoms with E-state index in [0.717, 1.165) is 5.69 Å². The van der Waals surface area contributed by atoms with Crippen LogP contribution in [-0.4, -0.2) is 15.0 Å². The highest BCUT2D eigenvalue weighted by atomic mass is 35.5. The van der Waals surface area contributed by atoms with Crippen molar-refractivity contribution in [2.45, 2.75) is 19.9 Å². The smallest absolute Gasteiger partial charge is 0.134 e. The molecule has 4 nitrogen and oxygen atoms in total. The van der Waals surface area contributed by atoms with Gasteiger partial charge in [0.15, 0.2) is 0 Å². The number of nitrogens with zero attached hydrogens (tertiary/aromatic N) is 3. The molecule has 2 heterocycles. The van der Waals surface area contributed by atoms with Crippen LogP contribution >= 0.6 is 11.6 Å². The fourth-order valence-corrected chi connectivity index (χ4v) is 1.76. The summed E-state index contributed by atoms with van der Waals surface area (Å²) in [4.78, 5) is 12.6. The lowest BCUT2D eigenvalue weighted by Gasteiger charge is -2.14. The van der Waals surface area contributed by atoms with Gasteiger partial charge in [-0.25, -0.2) is 9.97 Å². The van der Waals surface area contributed by atoms with Gasteiger partial charge in [0.1, 0.15) is 16.8 Å². The Balaban J connectivity index is 2.16. The fraction of sp³-hybridized carbons (Fsp3) is 0.250. The van der Waals surface area contributed by atoms with Crippen LogP contribution in [0.1, 0.15) is 24.5 Å². The SMILES string of the molecule is Cc1nc(Cl)cc(NC(C)c2ccccn2)n1. The maximum atomic E-state index is 5.87. The molecule has 1 unspecified atom stereocenters. The van der Waals surface area contributed by atoms with Gasteiger partial charge in [0, 0.05) is 12.3 Å². The Morgan fingerprint density at radius 2 is 2.12 bits per heavy atom. The number of rotatable bonds is 3. The highest BCUT2D eigenvalue weighted by Gasteiger charge is 2.07. The van der Waals surface area contributed by atoms with Gasteiger partial charge in [-0.15, -0.1) is 0 Å². The number of anilines is 1. The van der Waals surface area contributed by atoms with Crippen LogP contribution in [-0.2, 0) is 0 Å². The Morgan fingerprint density at radius 3 is 2.76 bits per heavy atom. The molecular formula is C12H13ClN4. The van der Waals surface area contributed by atoms with Crippen molar-refractivity contribution >= 4 is 17.4 Å². The molecule has 0 aliphatic heterocycles. The highest BCUT2D eigenvalue weighted by Crippen LogP contribution is 2.17. The quantitative estimate of drug-likeness (QED) is 0.849. The summed E-state index contributed by atoms with van der Waals surface area (Å²) in [5.41, 5.74) is 0.958. The van der Waals surface area contributed by atoms with Crippen LogP contribution in [0.4, 0.5) is 5.82 Å². The third kappa shape index (κ3) is 3.14. The standard InChI is InChI=1S/C12H13ClN4/c1-8(10-5-3-4-6-14-10)15-12-7-11(13)16-9(2)17-12/h3-8H,1-2H3,(H,15,16,17). The summed E-state index contributed by atoms with van der Waals surface area (Å²) in [5.74, 6) is 1.36. The maximum absolute atomic E-state index is 5.87. The summed E-state index contributed by atoms with van der Waals surface area (Å²) in [5, 5.41) is 3.68. The molecule has 0 aliphatic rings. The van der Waals surface area contributed by atoms with Crippen LogP contribution in [0.25, 0.3) is 0 Å². The minimum Gasteiger partial charge on any atom is -0.362 e. The molecule has 0 bridgehead atoms. The largest absolute Gasteiger partial charge is 0.362 e. The Bertz CT molecular complexity index is 481. The molecule has 1 N–H and O–H groups in total. The second kappa shape index (κ2) is 5.10. The average Bonchev–Trinajstić information content (AvgIpc) is 2.28. The number of hydrogen-bond acceptors (Lipinski definition) is 4. The minimum atomic E-state index is 0.0709. The lowest BCUT2D eigenvalue weighted by atomic mass is 10.2. The number of halogens is 1. The summed E-state index contributed by atoms with van der Waals surface area (Å²) in [6, 6.07) is 7.59. The van der Waals surface area contributed by atoms with E-state index in [2.05, 4.69) is 20.3 Å². The molecule has 0 fully saturated rings. The first-order valence-electron chi connectivity index (χ1n) is 5.34. The zero-order valence-electron chi connectivity index (χ0n) is 9.68. The third-order valence-electron chi connectivity index (χ3n) is 2.30. The van der Waals surface area contributed by atoms with Gasteiger partial charge in [0.05, 0.1) is 11.7 Å². The van der Waals surface area contributed by atoms with Crippen LogP contribution in [0.3, 0.4) is 0 Å². The van der Waals surface area contributed by atoms with Crippen molar-refractivity contribution in [1.29, 1.82) is 0 Å². The van der Waals surface area contributed by atoms with E-state index in [1.165, 1.54) is 0 Å². The number of aromatic nitrogens is 3. The van der Waals surface area contributed by atoms with Gasteiger partial charge in [-0.3, -0.25) is 4.98 Å². The highest BCUT2D eigenvalue weighted by molar-refractivity contribution is 6.29. The molecule has 0 spiro atoms. The van der Waals surface area contributed by atoms with Crippen molar-refractivity contribution in [3.05, 3.63) is 47.1 Å². The molecule has 0 amide bonds. The van der Waals surface area contributed by atoms with Crippen LogP contribution in [0.5, 0.6) is 0 Å². The van der Waals surface area contributed by atoms with Gasteiger partial charge >= 0.3 is 0 Å². The summed E-state index contributed by atoms with van der Waals surface area (Å²) in [6.45, 7) is 3.83. The minimum absolute atomic E-state index is 0.0709. The van der Waals surface area contributed by atoms with E-state index in [4.69, 9.17) is 11.6 Å². The Kier molecular flexibility index (Phi) is 3.54. The Morgan fingerprint density at radius 1 is 1.29 bits per heavy atom. The van der Waals surface area contributed by atoms with Crippen molar-refractivity contribution < 1.29 is 0 Å². The van der Waals surface area contributed by atoms with Gasteiger partial charge in [0.25, 0.3) is 0 Å². The first-order chi connectivity index (χ1) is 8.15. The van der Waals surface area contributed by atoms with E-state index in [0.29, 0.717) is 16.8 Å². The molecule has 17 heavy (non-hydrogen) atoms. The van der Waals surface area contributed by atoms with Crippen LogP contribution in [0.2, 0.25) is 5.15 Å². The zero-order chi connectivity index (χ0) is 12.3. The molecule has 88 valence electrons. The Labute approximate surface area is 105 Å². The molecule has 0 aliphatic carbocycles. The van der Waals surface area contributed by atoms with Gasteiger partial charge in [-0.05, 0) is 26.0 Å². The summed E-state index contributed by atoms with van der Waals surface area (Å²) < 4.78 is 0. The van der Waals surface area contributed by atoms with E-state index in [-0.39, 0.29) is 6.04 Å². The van der Waals surface area contributed by atoms with E-state index < -0.39 is 0 Å². The Hall–Kier alpha value is -1.68. The van der Waals surface area contributed by atoms with Gasteiger partial charge in [-0.1, -0.05) is 17.7 Å². The summed E-state index contributed by atoms with van der Waals surface area (Å²) in [6.07, 6.45) is 1.77. The monoisotopic (exact) mass is 248 g/mol. The normalized spacial score (nSPS) is 12.2. The maximum Gasteiger partial charge on any atom is 0.134 e. The number of pyridine rings is 1. The van der Waals surface area contributed by atoms with Crippen LogP contribution in [0.15, 0.2) is 30.5 Å². The topological polar surface area (TPSA) is 50.7 Å². The summed E-state index contributed by atoms with van der Waals surface area (Å²) in [7, 11) is 0. The predicted octanol–water partition coefficient (Wildman–Crippen LogP) is 3.01. The van der Waals surface area contributed by atoms with Crippen LogP contribution < -0.4 is 5.32 Å². The molecule has 5 heteroatoms. The van der Waals surface area contributed by atoms with Crippen molar-refractivity contribution in [3.63, 3.8) is 0 Å². The molecule has 2 rings (SSSR count). The second-order valence-electron chi connectivity index (χ2n) is 3.74. The van der Waals surface area contributed by atoms with E-state index in [1.54, 1.807) is 12.3 Å². The lowest BCUT2D eigenvalue weighted by molar-refractivity contribution is 0.827. The number of hydrogen-bond donors (Lipinski definition) is 1. The van der Waals surface area contributed by atoms with E-state index in [1.807, 2.05) is 32.0 Å². The zero-order valence-corrected chi connectivity index (χ0v) is 10.4. The number of aryl methyl sites for hydroxylation is 1. The van der Waals surface area contributed by atoms with Gasteiger partial charge in [0.2, 0.25) is 0 Å². The molecular weight excluding hydrogens is 236 g/mol. The fourth-order valence-electron chi connectivity index (χ4n) is 1.53. The molecule has 0 saturated carbocycles. The van der Waals surface area contributed by atoms with Gasteiger partial charge < -0.3 is 5.32 Å². The van der Waals surface area contributed by atoms with Gasteiger partial charge in [-0.2, -0.15) is 0 Å². The van der Waals surface area contributed by atoms with Crippen LogP contribution in [0, 0.1) is 6.92 Å². The first kappa shape index (κ1) is 11.8. The second-order valence-corrected chi connectivity index (χ2v) is 4.13. The van der Waals surface area contributed by atoms with Crippen molar-refractivity contribution in [1.82, 2.24) is 15.0 Å². The van der Waals surface area contributed by atoms with Crippen molar-refractivity contribution in [3.8, 4) is 0 Å². The lowest BCUT2D eigenvalue weighted by Crippen LogP contribution is -2.10. The molecule has 2 aromatic heterocycles. The molecule has 2 aromatic rings. The molecule has 0 radical (unpaired) electrons. The number of nitrogens with one attached hydrogen (secondary N) is 1. The first-order valence-corrected chi connectivity index (χ1v) is 5.71. The van der Waals surface area contributed by atoms with E-state index >= 15 is 0 Å². The molecule has 1 atom stereocenters. The predicted molar refractivity (Wildman–Crippen MR) is 68.1 cm³/mol. The molecule has 0 saturated heterocycles.